The Morgan fingerprint density at radius 1 is 1.12 bits per heavy atom. The Kier molecular flexibility index (Phi) is 3.67. The van der Waals surface area contributed by atoms with Crippen LogP contribution in [0, 0.1) is 31.6 Å². The van der Waals surface area contributed by atoms with E-state index in [-0.39, 0.29) is 5.97 Å². The number of esters is 1. The highest BCUT2D eigenvalue weighted by Gasteiger charge is 2.23. The van der Waals surface area contributed by atoms with Crippen molar-refractivity contribution in [2.24, 2.45) is 0 Å². The van der Waals surface area contributed by atoms with Crippen LogP contribution in [0.25, 0.3) is 0 Å². The minimum absolute atomic E-state index is 0.364. The third-order valence-electron chi connectivity index (χ3n) is 2.60. The molecule has 0 aliphatic heterocycles. The van der Waals surface area contributed by atoms with Crippen molar-refractivity contribution in [3.05, 3.63) is 60.9 Å². The summed E-state index contributed by atoms with van der Waals surface area (Å²) in [7, 11) is 2.95. The van der Waals surface area contributed by atoms with E-state index in [2.05, 4.69) is 4.74 Å². The Morgan fingerprint density at radius 3 is 2.41 bits per heavy atom. The highest BCUT2D eigenvalue weighted by Crippen LogP contribution is 2.36. The number of hydrogen-bond donors (Lipinski definition) is 0. The Bertz CT molecular complexity index is 406. The molecule has 5 radical (unpaired) electrons. The number of benzene rings is 1. The molecule has 0 saturated heterocycles. The topological polar surface area (TPSA) is 35.5 Å². The summed E-state index contributed by atoms with van der Waals surface area (Å²) in [4.78, 5) is 11.4. The van der Waals surface area contributed by atoms with Crippen molar-refractivity contribution < 1.29 is 14.3 Å². The molecule has 0 atom stereocenters. The normalized spacial score (nSPS) is 15.9. The average molecular weight is 229 g/mol. The summed E-state index contributed by atoms with van der Waals surface area (Å²) in [6.07, 6.45) is 7.91. The molecule has 0 N–H and O–H groups in total. The number of ether oxygens (including phenoxy) is 2. The minimum atomic E-state index is -0.364. The van der Waals surface area contributed by atoms with Gasteiger partial charge in [-0.25, -0.2) is 4.79 Å². The van der Waals surface area contributed by atoms with Crippen LogP contribution >= 0.6 is 0 Å². The molecule has 3 heteroatoms. The van der Waals surface area contributed by atoms with Crippen molar-refractivity contribution >= 4 is 5.97 Å². The Labute approximate surface area is 102 Å². The quantitative estimate of drug-likeness (QED) is 0.746. The van der Waals surface area contributed by atoms with Crippen molar-refractivity contribution in [3.63, 3.8) is 0 Å². The van der Waals surface area contributed by atoms with Gasteiger partial charge in [-0.15, -0.1) is 0 Å². The smallest absolute Gasteiger partial charge is 0.337 e. The van der Waals surface area contributed by atoms with Gasteiger partial charge < -0.3 is 9.47 Å². The highest BCUT2D eigenvalue weighted by atomic mass is 16.5. The van der Waals surface area contributed by atoms with E-state index in [4.69, 9.17) is 4.74 Å². The zero-order valence-electron chi connectivity index (χ0n) is 9.77. The summed E-state index contributed by atoms with van der Waals surface area (Å²) in [6, 6.07) is 5.28. The van der Waals surface area contributed by atoms with E-state index in [1.165, 1.54) is 7.11 Å². The van der Waals surface area contributed by atoms with Crippen LogP contribution in [-0.2, 0) is 4.74 Å². The first-order valence-corrected chi connectivity index (χ1v) is 5.24. The first kappa shape index (κ1) is 12.0. The summed E-state index contributed by atoms with van der Waals surface area (Å²) in [6.45, 7) is 0. The van der Waals surface area contributed by atoms with Crippen LogP contribution in [0.4, 0.5) is 0 Å². The molecular weight excluding hydrogens is 216 g/mol. The van der Waals surface area contributed by atoms with Gasteiger partial charge in [0.15, 0.2) is 0 Å². The predicted octanol–water partition coefficient (Wildman–Crippen LogP) is 2.24. The zero-order chi connectivity index (χ0) is 12.3. The molecule has 0 aromatic heterocycles. The third-order valence-corrected chi connectivity index (χ3v) is 2.60. The zero-order valence-corrected chi connectivity index (χ0v) is 9.77. The maximum atomic E-state index is 11.4. The molecular formula is C14H13O3. The lowest BCUT2D eigenvalue weighted by atomic mass is 9.95. The van der Waals surface area contributed by atoms with Crippen molar-refractivity contribution in [1.29, 1.82) is 0 Å². The van der Waals surface area contributed by atoms with Crippen LogP contribution in [0.15, 0.2) is 18.2 Å². The van der Waals surface area contributed by atoms with Crippen molar-refractivity contribution in [3.8, 4) is 5.75 Å². The Balaban J connectivity index is 2.30. The van der Waals surface area contributed by atoms with E-state index in [9.17, 15) is 4.79 Å². The van der Waals surface area contributed by atoms with E-state index >= 15 is 0 Å². The monoisotopic (exact) mass is 229 g/mol. The van der Waals surface area contributed by atoms with Gasteiger partial charge in [0, 0.05) is 11.5 Å². The van der Waals surface area contributed by atoms with Gasteiger partial charge in [-0.2, -0.15) is 0 Å². The summed E-state index contributed by atoms with van der Waals surface area (Å²) >= 11 is 0. The molecule has 1 aromatic rings. The molecule has 1 saturated carbocycles. The van der Waals surface area contributed by atoms with E-state index in [0.29, 0.717) is 11.3 Å². The fourth-order valence-electron chi connectivity index (χ4n) is 1.73. The van der Waals surface area contributed by atoms with Crippen LogP contribution < -0.4 is 4.74 Å². The fraction of sp³-hybridized carbons (Fsp3) is 0.143. The molecule has 1 aromatic carbocycles. The van der Waals surface area contributed by atoms with Crippen LogP contribution in [-0.4, -0.2) is 20.2 Å². The van der Waals surface area contributed by atoms with E-state index in [1.807, 2.05) is 31.7 Å². The first-order chi connectivity index (χ1) is 8.26. The van der Waals surface area contributed by atoms with Gasteiger partial charge >= 0.3 is 5.97 Å². The van der Waals surface area contributed by atoms with Crippen LogP contribution in [0.3, 0.4) is 0 Å². The number of carbonyl (C=O) groups excluding carboxylic acids is 1. The summed E-state index contributed by atoms with van der Waals surface area (Å²) in [5.41, 5.74) is 1.45. The summed E-state index contributed by atoms with van der Waals surface area (Å²) < 4.78 is 9.97. The molecule has 17 heavy (non-hydrogen) atoms. The molecule has 0 bridgehead atoms. The third kappa shape index (κ3) is 2.43. The second-order valence-corrected chi connectivity index (χ2v) is 3.58. The van der Waals surface area contributed by atoms with Crippen LogP contribution in [0.1, 0.15) is 15.9 Å². The second-order valence-electron chi connectivity index (χ2n) is 3.58. The van der Waals surface area contributed by atoms with E-state index in [1.54, 1.807) is 19.2 Å². The fourth-order valence-corrected chi connectivity index (χ4v) is 1.73. The predicted molar refractivity (Wildman–Crippen MR) is 63.9 cm³/mol. The summed E-state index contributed by atoms with van der Waals surface area (Å²) in [5.74, 6) is 1.37. The summed E-state index contributed by atoms with van der Waals surface area (Å²) in [5, 5.41) is 0. The second kappa shape index (κ2) is 5.21. The lowest BCUT2D eigenvalue weighted by molar-refractivity contribution is 0.0600. The Morgan fingerprint density at radius 2 is 1.82 bits per heavy atom. The number of carbonyl (C=O) groups is 1. The van der Waals surface area contributed by atoms with Gasteiger partial charge in [-0.05, 0) is 37.8 Å². The number of hydrogen-bond acceptors (Lipinski definition) is 3. The van der Waals surface area contributed by atoms with E-state index in [0.717, 1.165) is 11.5 Å². The van der Waals surface area contributed by atoms with Crippen molar-refractivity contribution in [1.82, 2.24) is 0 Å². The van der Waals surface area contributed by atoms with Gasteiger partial charge in [-0.1, -0.05) is 6.07 Å². The van der Waals surface area contributed by atoms with Gasteiger partial charge in [0.2, 0.25) is 0 Å². The van der Waals surface area contributed by atoms with Crippen LogP contribution in [0.5, 0.6) is 5.75 Å². The number of methoxy groups -OCH3 is 2. The molecule has 87 valence electrons. The van der Waals surface area contributed by atoms with Crippen LogP contribution in [0.2, 0.25) is 0 Å². The molecule has 1 fully saturated rings. The van der Waals surface area contributed by atoms with E-state index < -0.39 is 0 Å². The molecule has 2 rings (SSSR count). The molecule has 0 heterocycles. The number of rotatable bonds is 3. The largest absolute Gasteiger partial charge is 0.496 e. The molecule has 1 aliphatic carbocycles. The minimum Gasteiger partial charge on any atom is -0.496 e. The highest BCUT2D eigenvalue weighted by molar-refractivity contribution is 5.90. The van der Waals surface area contributed by atoms with Crippen molar-refractivity contribution in [2.75, 3.05) is 14.2 Å². The van der Waals surface area contributed by atoms with Gasteiger partial charge in [0.25, 0.3) is 0 Å². The standard InChI is InChI=1S/C14H13O3/c1-16-13-9-11(14(15)17-2)7-8-12(13)10-5-3-4-6-10/h3-9H,1-2H3. The molecule has 1 aliphatic rings. The van der Waals surface area contributed by atoms with Gasteiger partial charge in [0.1, 0.15) is 5.75 Å². The maximum Gasteiger partial charge on any atom is 0.337 e. The van der Waals surface area contributed by atoms with Crippen molar-refractivity contribution in [2.45, 2.75) is 0 Å². The lowest BCUT2D eigenvalue weighted by Gasteiger charge is -2.14. The molecule has 0 spiro atoms. The molecule has 3 nitrogen and oxygen atoms in total. The lowest BCUT2D eigenvalue weighted by Crippen LogP contribution is -2.04. The Hall–Kier alpha value is -1.51. The van der Waals surface area contributed by atoms with Gasteiger partial charge in [-0.3, -0.25) is 0 Å². The molecule has 0 amide bonds. The molecule has 0 unspecified atom stereocenters. The van der Waals surface area contributed by atoms with Gasteiger partial charge in [0.05, 0.1) is 19.8 Å². The maximum absolute atomic E-state index is 11.4. The first-order valence-electron chi connectivity index (χ1n) is 5.24. The average Bonchev–Trinajstić information content (AvgIpc) is 2.90. The SMILES string of the molecule is COC(=O)c1ccc([C]2[CH][CH][CH][CH]2)c(OC)c1.